The number of rotatable bonds is 5. The molecule has 16 heavy (non-hydrogen) atoms. The van der Waals surface area contributed by atoms with Gasteiger partial charge in [-0.2, -0.15) is 0 Å². The molecule has 1 atom stereocenters. The quantitative estimate of drug-likeness (QED) is 0.681. The van der Waals surface area contributed by atoms with Crippen LogP contribution in [-0.4, -0.2) is 69.4 Å². The minimum absolute atomic E-state index is 0. The number of nitrogens with zero attached hydrogens (tertiary/aromatic N) is 2. The van der Waals surface area contributed by atoms with E-state index in [1.54, 1.807) is 0 Å². The maximum atomic E-state index is 2.30. The first-order chi connectivity index (χ1) is 7.09. The molecule has 3 heteroatoms. The van der Waals surface area contributed by atoms with Crippen LogP contribution < -0.4 is 0 Å². The number of hydrogen-bond acceptors (Lipinski definition) is 2. The molecule has 0 bridgehead atoms. The van der Waals surface area contributed by atoms with Crippen LogP contribution in [0.2, 0.25) is 0 Å². The summed E-state index contributed by atoms with van der Waals surface area (Å²) in [5, 5.41) is 0. The predicted molar refractivity (Wildman–Crippen MR) is 71.9 cm³/mol. The summed E-state index contributed by atoms with van der Waals surface area (Å²) in [5.74, 6) is 0. The van der Waals surface area contributed by atoms with Crippen molar-refractivity contribution in [2.45, 2.75) is 12.5 Å². The fourth-order valence-electron chi connectivity index (χ4n) is 1.72. The second-order valence-electron chi connectivity index (χ2n) is 4.57. The van der Waals surface area contributed by atoms with Gasteiger partial charge in [-0.05, 0) is 40.2 Å². The zero-order valence-corrected chi connectivity index (χ0v) is 11.3. The molecule has 0 amide bonds. The van der Waals surface area contributed by atoms with E-state index in [-0.39, 0.29) is 18.9 Å². The normalized spacial score (nSPS) is 12.6. The summed E-state index contributed by atoms with van der Waals surface area (Å²) in [5.41, 5.74) is 1.41. The van der Waals surface area contributed by atoms with Crippen LogP contribution >= 0.6 is 0 Å². The SMILES string of the molecule is CN(C)CC(Cc1ccccc1)N(C)C.[Li]. The van der Waals surface area contributed by atoms with Crippen LogP contribution in [0, 0.1) is 0 Å². The first-order valence-electron chi connectivity index (χ1n) is 5.44. The van der Waals surface area contributed by atoms with Crippen molar-refractivity contribution >= 4 is 18.9 Å². The van der Waals surface area contributed by atoms with Gasteiger partial charge in [0.25, 0.3) is 0 Å². The molecule has 0 spiro atoms. The van der Waals surface area contributed by atoms with Crippen LogP contribution in [0.25, 0.3) is 0 Å². The van der Waals surface area contributed by atoms with Gasteiger partial charge >= 0.3 is 0 Å². The van der Waals surface area contributed by atoms with E-state index in [0.29, 0.717) is 6.04 Å². The zero-order valence-electron chi connectivity index (χ0n) is 11.3. The largest absolute Gasteiger partial charge is 0.308 e. The summed E-state index contributed by atoms with van der Waals surface area (Å²) in [7, 11) is 8.55. The molecule has 0 aliphatic heterocycles. The molecule has 0 fully saturated rings. The smallest absolute Gasteiger partial charge is 0.0257 e. The molecular weight excluding hydrogens is 191 g/mol. The Morgan fingerprint density at radius 2 is 1.56 bits per heavy atom. The summed E-state index contributed by atoms with van der Waals surface area (Å²) < 4.78 is 0. The summed E-state index contributed by atoms with van der Waals surface area (Å²) in [6, 6.07) is 11.3. The van der Waals surface area contributed by atoms with Crippen molar-refractivity contribution in [1.29, 1.82) is 0 Å². The van der Waals surface area contributed by atoms with Gasteiger partial charge in [-0.15, -0.1) is 0 Å². The van der Waals surface area contributed by atoms with Crippen molar-refractivity contribution in [2.24, 2.45) is 0 Å². The van der Waals surface area contributed by atoms with E-state index < -0.39 is 0 Å². The molecular formula is C13H22LiN2. The Labute approximate surface area is 112 Å². The van der Waals surface area contributed by atoms with Crippen LogP contribution in [0.3, 0.4) is 0 Å². The first-order valence-corrected chi connectivity index (χ1v) is 5.44. The third kappa shape index (κ3) is 5.72. The molecule has 1 unspecified atom stereocenters. The summed E-state index contributed by atoms with van der Waals surface area (Å²) in [6.45, 7) is 1.10. The maximum Gasteiger partial charge on any atom is 0.0257 e. The van der Waals surface area contributed by atoms with Crippen LogP contribution in [0.1, 0.15) is 5.56 Å². The summed E-state index contributed by atoms with van der Waals surface area (Å²) >= 11 is 0. The Morgan fingerprint density at radius 1 is 1.00 bits per heavy atom. The van der Waals surface area contributed by atoms with Crippen LogP contribution in [-0.2, 0) is 6.42 Å². The average Bonchev–Trinajstić information content (AvgIpc) is 2.17. The van der Waals surface area contributed by atoms with E-state index in [4.69, 9.17) is 0 Å². The van der Waals surface area contributed by atoms with Gasteiger partial charge in [-0.3, -0.25) is 0 Å². The van der Waals surface area contributed by atoms with E-state index in [1.165, 1.54) is 5.56 Å². The third-order valence-corrected chi connectivity index (χ3v) is 2.62. The molecule has 0 heterocycles. The van der Waals surface area contributed by atoms with Gasteiger partial charge in [0.2, 0.25) is 0 Å². The van der Waals surface area contributed by atoms with Gasteiger partial charge in [0.15, 0.2) is 0 Å². The van der Waals surface area contributed by atoms with Crippen molar-refractivity contribution in [2.75, 3.05) is 34.7 Å². The standard InChI is InChI=1S/C13H22N2.Li/c1-14(2)11-13(15(3)4)10-12-8-6-5-7-9-12;/h5-9,13H,10-11H2,1-4H3;. The number of benzene rings is 1. The Morgan fingerprint density at radius 3 is 2.00 bits per heavy atom. The molecule has 0 N–H and O–H groups in total. The van der Waals surface area contributed by atoms with E-state index >= 15 is 0 Å². The Bertz CT molecular complexity index is 273. The number of hydrogen-bond donors (Lipinski definition) is 0. The van der Waals surface area contributed by atoms with Gasteiger partial charge in [0, 0.05) is 31.4 Å². The van der Waals surface area contributed by atoms with Crippen LogP contribution in [0.4, 0.5) is 0 Å². The van der Waals surface area contributed by atoms with Crippen molar-refractivity contribution in [3.63, 3.8) is 0 Å². The zero-order chi connectivity index (χ0) is 11.3. The molecule has 0 aromatic heterocycles. The molecule has 1 aromatic carbocycles. The summed E-state index contributed by atoms with van der Waals surface area (Å²) in [6.07, 6.45) is 1.12. The van der Waals surface area contributed by atoms with Gasteiger partial charge in [0.1, 0.15) is 0 Å². The fourth-order valence-corrected chi connectivity index (χ4v) is 1.72. The van der Waals surface area contributed by atoms with E-state index in [9.17, 15) is 0 Å². The molecule has 1 radical (unpaired) electrons. The molecule has 0 saturated heterocycles. The Kier molecular flexibility index (Phi) is 7.79. The summed E-state index contributed by atoms with van der Waals surface area (Å²) in [4.78, 5) is 4.54. The second-order valence-corrected chi connectivity index (χ2v) is 4.57. The minimum atomic E-state index is 0. The molecule has 2 nitrogen and oxygen atoms in total. The van der Waals surface area contributed by atoms with Crippen molar-refractivity contribution in [1.82, 2.24) is 9.80 Å². The molecule has 85 valence electrons. The van der Waals surface area contributed by atoms with Gasteiger partial charge in [-0.1, -0.05) is 30.3 Å². The van der Waals surface area contributed by atoms with Gasteiger partial charge in [0.05, 0.1) is 0 Å². The minimum Gasteiger partial charge on any atom is -0.308 e. The van der Waals surface area contributed by atoms with Crippen molar-refractivity contribution in [3.8, 4) is 0 Å². The van der Waals surface area contributed by atoms with Gasteiger partial charge in [-0.25, -0.2) is 0 Å². The molecule has 0 aliphatic carbocycles. The predicted octanol–water partition coefficient (Wildman–Crippen LogP) is 1.34. The fraction of sp³-hybridized carbons (Fsp3) is 0.538. The van der Waals surface area contributed by atoms with Crippen molar-refractivity contribution in [3.05, 3.63) is 35.9 Å². The maximum absolute atomic E-state index is 2.30. The van der Waals surface area contributed by atoms with E-state index in [1.807, 2.05) is 0 Å². The molecule has 0 aliphatic rings. The first kappa shape index (κ1) is 15.7. The van der Waals surface area contributed by atoms with Crippen LogP contribution in [0.5, 0.6) is 0 Å². The monoisotopic (exact) mass is 213 g/mol. The topological polar surface area (TPSA) is 6.48 Å². The average molecular weight is 213 g/mol. The Balaban J connectivity index is 0.00000225. The van der Waals surface area contributed by atoms with E-state index in [0.717, 1.165) is 13.0 Å². The molecule has 0 saturated carbocycles. The third-order valence-electron chi connectivity index (χ3n) is 2.62. The van der Waals surface area contributed by atoms with E-state index in [2.05, 4.69) is 68.3 Å². The molecule has 1 aromatic rings. The molecule has 1 rings (SSSR count). The van der Waals surface area contributed by atoms with Crippen LogP contribution in [0.15, 0.2) is 30.3 Å². The van der Waals surface area contributed by atoms with Gasteiger partial charge < -0.3 is 9.80 Å². The second kappa shape index (κ2) is 7.92. The number of likely N-dealkylation sites (N-methyl/N-ethyl adjacent to an activating group) is 2. The Hall–Kier alpha value is -0.263. The van der Waals surface area contributed by atoms with Crippen molar-refractivity contribution < 1.29 is 0 Å².